The van der Waals surface area contributed by atoms with Crippen molar-refractivity contribution in [2.75, 3.05) is 13.2 Å². The van der Waals surface area contributed by atoms with E-state index in [1.165, 1.54) is 0 Å². The van der Waals surface area contributed by atoms with E-state index in [1.54, 1.807) is 25.1 Å². The number of esters is 1. The van der Waals surface area contributed by atoms with Gasteiger partial charge in [-0.1, -0.05) is 30.3 Å². The van der Waals surface area contributed by atoms with Crippen molar-refractivity contribution >= 4 is 5.97 Å². The highest BCUT2D eigenvalue weighted by atomic mass is 16.6. The first-order chi connectivity index (χ1) is 11.2. The van der Waals surface area contributed by atoms with Gasteiger partial charge < -0.3 is 14.2 Å². The van der Waals surface area contributed by atoms with Gasteiger partial charge in [-0.2, -0.15) is 5.26 Å². The summed E-state index contributed by atoms with van der Waals surface area (Å²) in [6.45, 7) is 2.15. The standard InChI is InChI=1S/C18H17NO4/c1-2-21-18(20)13-23-17-10-15(11-19)8-9-16(17)22-12-14-6-4-3-5-7-14/h3-10H,2,12-13H2,1H3. The second kappa shape index (κ2) is 8.44. The van der Waals surface area contributed by atoms with Crippen molar-refractivity contribution in [2.24, 2.45) is 0 Å². The van der Waals surface area contributed by atoms with E-state index in [0.29, 0.717) is 23.7 Å². The van der Waals surface area contributed by atoms with Crippen molar-refractivity contribution in [1.82, 2.24) is 0 Å². The van der Waals surface area contributed by atoms with E-state index in [1.807, 2.05) is 36.4 Å². The Labute approximate surface area is 135 Å². The van der Waals surface area contributed by atoms with Crippen molar-refractivity contribution < 1.29 is 19.0 Å². The molecule has 118 valence electrons. The lowest BCUT2D eigenvalue weighted by Crippen LogP contribution is -2.15. The molecule has 2 aromatic carbocycles. The Morgan fingerprint density at radius 1 is 1.09 bits per heavy atom. The van der Waals surface area contributed by atoms with Crippen LogP contribution in [0.25, 0.3) is 0 Å². The molecule has 0 saturated carbocycles. The summed E-state index contributed by atoms with van der Waals surface area (Å²) < 4.78 is 16.0. The Morgan fingerprint density at radius 3 is 2.57 bits per heavy atom. The second-order valence-electron chi connectivity index (χ2n) is 4.64. The predicted octanol–water partition coefficient (Wildman–Crippen LogP) is 3.08. The van der Waals surface area contributed by atoms with Crippen LogP contribution in [-0.4, -0.2) is 19.2 Å². The lowest BCUT2D eigenvalue weighted by atomic mass is 10.2. The van der Waals surface area contributed by atoms with Crippen molar-refractivity contribution in [3.8, 4) is 17.6 Å². The fourth-order valence-electron chi connectivity index (χ4n) is 1.88. The van der Waals surface area contributed by atoms with E-state index < -0.39 is 5.97 Å². The first-order valence-corrected chi connectivity index (χ1v) is 7.22. The van der Waals surface area contributed by atoms with Crippen molar-refractivity contribution in [1.29, 1.82) is 5.26 Å². The van der Waals surface area contributed by atoms with Crippen LogP contribution < -0.4 is 9.47 Å². The van der Waals surface area contributed by atoms with Gasteiger partial charge in [0.15, 0.2) is 18.1 Å². The highest BCUT2D eigenvalue weighted by molar-refractivity contribution is 5.71. The molecule has 5 heteroatoms. The number of nitrogens with zero attached hydrogens (tertiary/aromatic N) is 1. The van der Waals surface area contributed by atoms with Crippen LogP contribution in [0.5, 0.6) is 11.5 Å². The molecule has 0 aliphatic rings. The van der Waals surface area contributed by atoms with Gasteiger partial charge in [-0.05, 0) is 24.6 Å². The van der Waals surface area contributed by atoms with Crippen LogP contribution in [0, 0.1) is 11.3 Å². The quantitative estimate of drug-likeness (QED) is 0.735. The van der Waals surface area contributed by atoms with E-state index in [9.17, 15) is 4.79 Å². The summed E-state index contributed by atoms with van der Waals surface area (Å²) in [6, 6.07) is 16.5. The fourth-order valence-corrected chi connectivity index (χ4v) is 1.88. The normalized spacial score (nSPS) is 9.74. The summed E-state index contributed by atoms with van der Waals surface area (Å²) in [4.78, 5) is 11.4. The number of rotatable bonds is 7. The molecule has 23 heavy (non-hydrogen) atoms. The molecule has 0 spiro atoms. The molecular weight excluding hydrogens is 294 g/mol. The summed E-state index contributed by atoms with van der Waals surface area (Å²) in [7, 11) is 0. The fraction of sp³-hybridized carbons (Fsp3) is 0.222. The van der Waals surface area contributed by atoms with E-state index >= 15 is 0 Å². The molecule has 0 atom stereocenters. The number of carbonyl (C=O) groups is 1. The van der Waals surface area contributed by atoms with E-state index in [-0.39, 0.29) is 13.2 Å². The van der Waals surface area contributed by atoms with E-state index in [2.05, 4.69) is 0 Å². The Kier molecular flexibility index (Phi) is 6.01. The Morgan fingerprint density at radius 2 is 1.87 bits per heavy atom. The van der Waals surface area contributed by atoms with Gasteiger partial charge in [0, 0.05) is 6.07 Å². The zero-order chi connectivity index (χ0) is 16.5. The molecule has 5 nitrogen and oxygen atoms in total. The van der Waals surface area contributed by atoms with Gasteiger partial charge in [-0.15, -0.1) is 0 Å². The largest absolute Gasteiger partial charge is 0.485 e. The molecule has 2 aromatic rings. The van der Waals surface area contributed by atoms with Gasteiger partial charge in [-0.3, -0.25) is 0 Å². The van der Waals surface area contributed by atoms with Gasteiger partial charge in [-0.25, -0.2) is 4.79 Å². The minimum atomic E-state index is -0.469. The maximum atomic E-state index is 11.4. The van der Waals surface area contributed by atoms with Crippen LogP contribution in [-0.2, 0) is 16.1 Å². The number of hydrogen-bond acceptors (Lipinski definition) is 5. The zero-order valence-corrected chi connectivity index (χ0v) is 12.8. The molecule has 0 aliphatic carbocycles. The predicted molar refractivity (Wildman–Crippen MR) is 84.1 cm³/mol. The molecule has 2 rings (SSSR count). The van der Waals surface area contributed by atoms with Crippen LogP contribution in [0.4, 0.5) is 0 Å². The SMILES string of the molecule is CCOC(=O)COc1cc(C#N)ccc1OCc1ccccc1. The molecule has 0 unspecified atom stereocenters. The molecular formula is C18H17NO4. The van der Waals surface area contributed by atoms with E-state index in [0.717, 1.165) is 5.56 Å². The van der Waals surface area contributed by atoms with Crippen LogP contribution in [0.3, 0.4) is 0 Å². The minimum Gasteiger partial charge on any atom is -0.485 e. The maximum Gasteiger partial charge on any atom is 0.344 e. The van der Waals surface area contributed by atoms with Crippen LogP contribution >= 0.6 is 0 Å². The number of ether oxygens (including phenoxy) is 3. The molecule has 0 aliphatic heterocycles. The molecule has 0 N–H and O–H groups in total. The minimum absolute atomic E-state index is 0.232. The second-order valence-corrected chi connectivity index (χ2v) is 4.64. The first kappa shape index (κ1) is 16.4. The third-order valence-electron chi connectivity index (χ3n) is 2.96. The molecule has 0 radical (unpaired) electrons. The third kappa shape index (κ3) is 5.04. The summed E-state index contributed by atoms with van der Waals surface area (Å²) in [5.74, 6) is 0.342. The monoisotopic (exact) mass is 311 g/mol. The summed E-state index contributed by atoms with van der Waals surface area (Å²) in [6.07, 6.45) is 0. The van der Waals surface area contributed by atoms with Gasteiger partial charge in [0.2, 0.25) is 0 Å². The summed E-state index contributed by atoms with van der Waals surface area (Å²) in [5.41, 5.74) is 1.43. The lowest BCUT2D eigenvalue weighted by molar-refractivity contribution is -0.145. The lowest BCUT2D eigenvalue weighted by Gasteiger charge is -2.13. The Hall–Kier alpha value is -3.00. The Bertz CT molecular complexity index is 692. The van der Waals surface area contributed by atoms with Crippen molar-refractivity contribution in [3.63, 3.8) is 0 Å². The molecule has 0 heterocycles. The van der Waals surface area contributed by atoms with Crippen molar-refractivity contribution in [3.05, 3.63) is 59.7 Å². The molecule has 0 saturated heterocycles. The van der Waals surface area contributed by atoms with Gasteiger partial charge in [0.1, 0.15) is 6.61 Å². The highest BCUT2D eigenvalue weighted by Crippen LogP contribution is 2.29. The average molecular weight is 311 g/mol. The van der Waals surface area contributed by atoms with Crippen LogP contribution in [0.15, 0.2) is 48.5 Å². The number of nitriles is 1. The summed E-state index contributed by atoms with van der Waals surface area (Å²) >= 11 is 0. The zero-order valence-electron chi connectivity index (χ0n) is 12.8. The average Bonchev–Trinajstić information content (AvgIpc) is 2.59. The van der Waals surface area contributed by atoms with Gasteiger partial charge in [0.05, 0.1) is 18.2 Å². The molecule has 0 bridgehead atoms. The van der Waals surface area contributed by atoms with Gasteiger partial charge in [0.25, 0.3) is 0 Å². The van der Waals surface area contributed by atoms with E-state index in [4.69, 9.17) is 19.5 Å². The van der Waals surface area contributed by atoms with Crippen LogP contribution in [0.2, 0.25) is 0 Å². The molecule has 0 aromatic heterocycles. The first-order valence-electron chi connectivity index (χ1n) is 7.22. The Balaban J connectivity index is 2.08. The number of hydrogen-bond donors (Lipinski definition) is 0. The van der Waals surface area contributed by atoms with Crippen LogP contribution in [0.1, 0.15) is 18.1 Å². The molecule has 0 fully saturated rings. The van der Waals surface area contributed by atoms with Gasteiger partial charge >= 0.3 is 5.97 Å². The molecule has 0 amide bonds. The smallest absolute Gasteiger partial charge is 0.344 e. The maximum absolute atomic E-state index is 11.4. The number of benzene rings is 2. The third-order valence-corrected chi connectivity index (χ3v) is 2.96. The van der Waals surface area contributed by atoms with Crippen molar-refractivity contribution in [2.45, 2.75) is 13.5 Å². The topological polar surface area (TPSA) is 68.5 Å². The summed E-state index contributed by atoms with van der Waals surface area (Å²) in [5, 5.41) is 8.98. The number of carbonyl (C=O) groups excluding carboxylic acids is 1. The highest BCUT2D eigenvalue weighted by Gasteiger charge is 2.10.